The van der Waals surface area contributed by atoms with E-state index in [4.69, 9.17) is 4.74 Å². The first-order valence-electron chi connectivity index (χ1n) is 6.73. The van der Waals surface area contributed by atoms with E-state index < -0.39 is 30.2 Å². The molecule has 1 aliphatic heterocycles. The molecule has 4 atom stereocenters. The van der Waals surface area contributed by atoms with Crippen LogP contribution in [-0.4, -0.2) is 46.1 Å². The molecule has 21 heavy (non-hydrogen) atoms. The monoisotopic (exact) mass is 294 g/mol. The van der Waals surface area contributed by atoms with Crippen molar-refractivity contribution in [2.75, 3.05) is 0 Å². The predicted molar refractivity (Wildman–Crippen MR) is 72.1 cm³/mol. The lowest BCUT2D eigenvalue weighted by Crippen LogP contribution is -2.33. The Morgan fingerprint density at radius 3 is 2.57 bits per heavy atom. The number of carbonyl (C=O) groups excluding carboxylic acids is 3. The molecule has 0 unspecified atom stereocenters. The number of rotatable bonds is 4. The van der Waals surface area contributed by atoms with Crippen LogP contribution in [0.25, 0.3) is 0 Å². The van der Waals surface area contributed by atoms with Gasteiger partial charge in [-0.1, -0.05) is 6.58 Å². The molecule has 6 nitrogen and oxygen atoms in total. The van der Waals surface area contributed by atoms with Crippen LogP contribution in [0.1, 0.15) is 26.7 Å². The minimum atomic E-state index is -1.16. The summed E-state index contributed by atoms with van der Waals surface area (Å²) >= 11 is 0. The lowest BCUT2D eigenvalue weighted by molar-refractivity contribution is -0.138. The highest BCUT2D eigenvalue weighted by Gasteiger charge is 2.48. The number of ketones is 2. The lowest BCUT2D eigenvalue weighted by atomic mass is 9.84. The Labute approximate surface area is 122 Å². The summed E-state index contributed by atoms with van der Waals surface area (Å²) in [4.78, 5) is 34.9. The molecule has 0 radical (unpaired) electrons. The third-order valence-electron chi connectivity index (χ3n) is 4.02. The number of aliphatic hydroxyl groups excluding tert-OH is 2. The van der Waals surface area contributed by atoms with Crippen molar-refractivity contribution in [3.05, 3.63) is 23.3 Å². The Kier molecular flexibility index (Phi) is 4.11. The molecule has 2 rings (SSSR count). The molecule has 2 aliphatic rings. The van der Waals surface area contributed by atoms with Crippen molar-refractivity contribution in [1.82, 2.24) is 0 Å². The fourth-order valence-electron chi connectivity index (χ4n) is 2.90. The summed E-state index contributed by atoms with van der Waals surface area (Å²) in [7, 11) is 0. The van der Waals surface area contributed by atoms with E-state index in [1.165, 1.54) is 6.92 Å². The van der Waals surface area contributed by atoms with Gasteiger partial charge < -0.3 is 14.9 Å². The van der Waals surface area contributed by atoms with Crippen LogP contribution >= 0.6 is 0 Å². The van der Waals surface area contributed by atoms with Gasteiger partial charge in [0.1, 0.15) is 11.9 Å². The van der Waals surface area contributed by atoms with Crippen LogP contribution in [0.5, 0.6) is 0 Å². The first-order chi connectivity index (χ1) is 9.73. The number of cyclic esters (lactones) is 1. The van der Waals surface area contributed by atoms with Crippen LogP contribution in [0.3, 0.4) is 0 Å². The second-order valence-electron chi connectivity index (χ2n) is 5.59. The molecule has 1 fully saturated rings. The minimum Gasteiger partial charge on any atom is -0.453 e. The highest BCUT2D eigenvalue weighted by atomic mass is 16.6. The standard InChI is InChI=1S/C15H18O6/c1-6(16)4-10(18)13-8(3)15(20)21-14(13)12-7(2)9(17)5-11(12)19/h9-10,13-14,17-18H,3-5H2,1-2H3/t9-,10+,13-,14-/m1/s1. The molecular weight excluding hydrogens is 276 g/mol. The Hall–Kier alpha value is -1.79. The van der Waals surface area contributed by atoms with Crippen LogP contribution < -0.4 is 0 Å². The summed E-state index contributed by atoms with van der Waals surface area (Å²) in [6.07, 6.45) is -3.25. The van der Waals surface area contributed by atoms with Gasteiger partial charge in [-0.3, -0.25) is 9.59 Å². The number of carbonyl (C=O) groups is 3. The maximum absolute atomic E-state index is 12.0. The molecule has 0 amide bonds. The third kappa shape index (κ3) is 2.69. The van der Waals surface area contributed by atoms with Gasteiger partial charge in [-0.15, -0.1) is 0 Å². The number of ether oxygens (including phenoxy) is 1. The average molecular weight is 294 g/mol. The number of aliphatic hydroxyl groups is 2. The van der Waals surface area contributed by atoms with E-state index in [0.29, 0.717) is 5.57 Å². The molecule has 0 saturated carbocycles. The summed E-state index contributed by atoms with van der Waals surface area (Å²) in [5.74, 6) is -2.09. The molecular formula is C15H18O6. The number of esters is 1. The van der Waals surface area contributed by atoms with Gasteiger partial charge in [0.2, 0.25) is 0 Å². The van der Waals surface area contributed by atoms with Crippen LogP contribution in [0.2, 0.25) is 0 Å². The number of Topliss-reactive ketones (excluding diaryl/α,β-unsaturated/α-hetero) is 2. The Bertz CT molecular complexity index is 559. The molecule has 0 bridgehead atoms. The van der Waals surface area contributed by atoms with Crippen LogP contribution in [-0.2, 0) is 19.1 Å². The van der Waals surface area contributed by atoms with E-state index in [1.54, 1.807) is 6.92 Å². The zero-order valence-corrected chi connectivity index (χ0v) is 12.0. The minimum absolute atomic E-state index is 0.0447. The molecule has 1 heterocycles. The van der Waals surface area contributed by atoms with Gasteiger partial charge >= 0.3 is 5.97 Å². The van der Waals surface area contributed by atoms with Crippen molar-refractivity contribution in [3.8, 4) is 0 Å². The molecule has 0 aromatic heterocycles. The second kappa shape index (κ2) is 5.54. The highest BCUT2D eigenvalue weighted by Crippen LogP contribution is 2.39. The second-order valence-corrected chi connectivity index (χ2v) is 5.59. The van der Waals surface area contributed by atoms with Crippen molar-refractivity contribution in [2.45, 2.75) is 45.0 Å². The third-order valence-corrected chi connectivity index (χ3v) is 4.02. The predicted octanol–water partition coefficient (Wildman–Crippen LogP) is 0.0744. The quantitative estimate of drug-likeness (QED) is 0.562. The van der Waals surface area contributed by atoms with E-state index in [1.807, 2.05) is 0 Å². The van der Waals surface area contributed by atoms with E-state index in [0.717, 1.165) is 0 Å². The van der Waals surface area contributed by atoms with Gasteiger partial charge in [-0.25, -0.2) is 4.79 Å². The van der Waals surface area contributed by atoms with Crippen molar-refractivity contribution in [1.29, 1.82) is 0 Å². The molecule has 1 aliphatic carbocycles. The summed E-state index contributed by atoms with van der Waals surface area (Å²) in [5.41, 5.74) is 0.692. The van der Waals surface area contributed by atoms with Gasteiger partial charge in [-0.2, -0.15) is 0 Å². The first kappa shape index (κ1) is 15.6. The normalized spacial score (nSPS) is 30.9. The Balaban J connectivity index is 2.37. The van der Waals surface area contributed by atoms with E-state index in [9.17, 15) is 24.6 Å². The number of hydrogen-bond acceptors (Lipinski definition) is 6. The van der Waals surface area contributed by atoms with Crippen LogP contribution in [0.15, 0.2) is 23.3 Å². The maximum atomic E-state index is 12.0. The summed E-state index contributed by atoms with van der Waals surface area (Å²) in [6.45, 7) is 6.51. The zero-order valence-electron chi connectivity index (χ0n) is 12.0. The smallest absolute Gasteiger partial charge is 0.334 e. The fourth-order valence-corrected chi connectivity index (χ4v) is 2.90. The summed E-state index contributed by atoms with van der Waals surface area (Å²) in [6, 6.07) is 0. The Morgan fingerprint density at radius 2 is 2.10 bits per heavy atom. The van der Waals surface area contributed by atoms with E-state index in [2.05, 4.69) is 6.58 Å². The molecule has 6 heteroatoms. The van der Waals surface area contributed by atoms with Crippen molar-refractivity contribution in [2.24, 2.45) is 5.92 Å². The molecule has 0 spiro atoms. The van der Waals surface area contributed by atoms with Gasteiger partial charge in [0.25, 0.3) is 0 Å². The lowest BCUT2D eigenvalue weighted by Gasteiger charge is -2.23. The van der Waals surface area contributed by atoms with Gasteiger partial charge in [0.05, 0.1) is 18.1 Å². The molecule has 114 valence electrons. The molecule has 2 N–H and O–H groups in total. The van der Waals surface area contributed by atoms with E-state index in [-0.39, 0.29) is 35.6 Å². The van der Waals surface area contributed by atoms with Gasteiger partial charge in [0.15, 0.2) is 5.78 Å². The largest absolute Gasteiger partial charge is 0.453 e. The van der Waals surface area contributed by atoms with E-state index >= 15 is 0 Å². The van der Waals surface area contributed by atoms with Crippen LogP contribution in [0.4, 0.5) is 0 Å². The van der Waals surface area contributed by atoms with Crippen molar-refractivity contribution < 1.29 is 29.3 Å². The molecule has 0 aromatic rings. The Morgan fingerprint density at radius 1 is 1.48 bits per heavy atom. The van der Waals surface area contributed by atoms with Crippen LogP contribution in [0, 0.1) is 5.92 Å². The average Bonchev–Trinajstić information content (AvgIpc) is 2.77. The first-order valence-corrected chi connectivity index (χ1v) is 6.73. The molecule has 0 aromatic carbocycles. The summed E-state index contributed by atoms with van der Waals surface area (Å²) in [5, 5.41) is 19.9. The zero-order chi connectivity index (χ0) is 15.9. The maximum Gasteiger partial charge on any atom is 0.334 e. The van der Waals surface area contributed by atoms with Gasteiger partial charge in [0, 0.05) is 24.0 Å². The highest BCUT2D eigenvalue weighted by molar-refractivity contribution is 6.02. The van der Waals surface area contributed by atoms with Crippen molar-refractivity contribution in [3.63, 3.8) is 0 Å². The topological polar surface area (TPSA) is 101 Å². The SMILES string of the molecule is C=C1C(=O)O[C@H](C2=C(C)[C@H](O)CC2=O)[C@H]1[C@@H](O)CC(C)=O. The fraction of sp³-hybridized carbons (Fsp3) is 0.533. The van der Waals surface area contributed by atoms with Crippen molar-refractivity contribution >= 4 is 17.5 Å². The number of hydrogen-bond donors (Lipinski definition) is 2. The summed E-state index contributed by atoms with van der Waals surface area (Å²) < 4.78 is 5.16. The molecule has 1 saturated heterocycles. The van der Waals surface area contributed by atoms with Gasteiger partial charge in [-0.05, 0) is 19.4 Å².